The zero-order chi connectivity index (χ0) is 14.6. The zero-order valence-electron chi connectivity index (χ0n) is 11.4. The van der Waals surface area contributed by atoms with Gasteiger partial charge < -0.3 is 0 Å². The van der Waals surface area contributed by atoms with E-state index in [2.05, 4.69) is 16.4 Å². The lowest BCUT2D eigenvalue weighted by molar-refractivity contribution is -0.137. The molecule has 0 radical (unpaired) electrons. The van der Waals surface area contributed by atoms with Crippen LogP contribution in [0, 0.1) is 0 Å². The Morgan fingerprint density at radius 3 is 2.35 bits per heavy atom. The number of hydrogen-bond acceptors (Lipinski definition) is 2. The third-order valence-electron chi connectivity index (χ3n) is 3.51. The van der Waals surface area contributed by atoms with Crippen molar-refractivity contribution in [1.82, 2.24) is 9.80 Å². The van der Waals surface area contributed by atoms with Crippen molar-refractivity contribution < 1.29 is 13.2 Å². The molecular weight excluding hydrogens is 265 g/mol. The molecule has 0 spiro atoms. The Bertz CT molecular complexity index is 449. The normalized spacial score (nSPS) is 18.1. The second kappa shape index (κ2) is 6.41. The molecule has 0 aliphatic carbocycles. The molecule has 0 N–H and O–H groups in total. The van der Waals surface area contributed by atoms with Gasteiger partial charge in [0.25, 0.3) is 0 Å². The van der Waals surface area contributed by atoms with Crippen molar-refractivity contribution in [3.05, 3.63) is 48.0 Å². The van der Waals surface area contributed by atoms with Crippen LogP contribution in [0.5, 0.6) is 0 Å². The molecule has 1 aliphatic rings. The highest BCUT2D eigenvalue weighted by Gasteiger charge is 2.30. The first-order valence-corrected chi connectivity index (χ1v) is 6.71. The number of halogens is 3. The first-order chi connectivity index (χ1) is 9.49. The molecule has 1 heterocycles. The van der Waals surface area contributed by atoms with Gasteiger partial charge in [0.2, 0.25) is 0 Å². The maximum absolute atomic E-state index is 12.7. The minimum atomic E-state index is -4.27. The molecule has 110 valence electrons. The van der Waals surface area contributed by atoms with Gasteiger partial charge in [0.05, 0.1) is 5.56 Å². The number of piperazine rings is 1. The van der Waals surface area contributed by atoms with Gasteiger partial charge in [0.1, 0.15) is 0 Å². The third-order valence-corrected chi connectivity index (χ3v) is 3.51. The quantitative estimate of drug-likeness (QED) is 0.784. The first kappa shape index (κ1) is 15.1. The molecule has 2 rings (SSSR count). The van der Waals surface area contributed by atoms with E-state index in [1.165, 1.54) is 12.1 Å². The van der Waals surface area contributed by atoms with Gasteiger partial charge >= 0.3 is 6.18 Å². The molecule has 0 saturated carbocycles. The molecule has 0 atom stereocenters. The van der Waals surface area contributed by atoms with Crippen LogP contribution in [-0.2, 0) is 12.7 Å². The number of rotatable bonds is 4. The van der Waals surface area contributed by atoms with Gasteiger partial charge in [-0.2, -0.15) is 13.2 Å². The summed E-state index contributed by atoms with van der Waals surface area (Å²) in [4.78, 5) is 4.48. The van der Waals surface area contributed by atoms with Gasteiger partial charge in [-0.3, -0.25) is 9.80 Å². The average Bonchev–Trinajstić information content (AvgIpc) is 2.41. The Morgan fingerprint density at radius 2 is 1.75 bits per heavy atom. The summed E-state index contributed by atoms with van der Waals surface area (Å²) in [6, 6.07) is 5.60. The fourth-order valence-electron chi connectivity index (χ4n) is 2.42. The number of alkyl halides is 3. The summed E-state index contributed by atoms with van der Waals surface area (Å²) in [6.07, 6.45) is -2.39. The fraction of sp³-hybridized carbons (Fsp3) is 0.467. The highest BCUT2D eigenvalue weighted by molar-refractivity contribution is 5.25. The molecule has 5 heteroatoms. The fourth-order valence-corrected chi connectivity index (χ4v) is 2.42. The maximum atomic E-state index is 12.7. The van der Waals surface area contributed by atoms with Gasteiger partial charge in [-0.1, -0.05) is 24.3 Å². The van der Waals surface area contributed by atoms with Gasteiger partial charge in [-0.05, 0) is 11.6 Å². The van der Waals surface area contributed by atoms with Crippen LogP contribution in [-0.4, -0.2) is 42.5 Å². The highest BCUT2D eigenvalue weighted by atomic mass is 19.4. The van der Waals surface area contributed by atoms with Crippen molar-refractivity contribution in [2.75, 3.05) is 32.7 Å². The number of benzene rings is 1. The molecule has 0 aromatic heterocycles. The standard InChI is InChI=1S/C15H19F3N2/c1-2-6-19-7-9-20(10-8-19)12-13-4-3-5-14(11-13)15(16,17)18/h2-5,11H,1,6-10,12H2. The van der Waals surface area contributed by atoms with E-state index in [-0.39, 0.29) is 0 Å². The van der Waals surface area contributed by atoms with E-state index in [1.54, 1.807) is 6.07 Å². The summed E-state index contributed by atoms with van der Waals surface area (Å²) in [6.45, 7) is 8.79. The zero-order valence-corrected chi connectivity index (χ0v) is 11.4. The van der Waals surface area contributed by atoms with Gasteiger partial charge in [-0.25, -0.2) is 0 Å². The van der Waals surface area contributed by atoms with Crippen LogP contribution in [0.25, 0.3) is 0 Å². The lowest BCUT2D eigenvalue weighted by Gasteiger charge is -2.34. The molecule has 1 aromatic rings. The van der Waals surface area contributed by atoms with E-state index in [9.17, 15) is 13.2 Å². The van der Waals surface area contributed by atoms with E-state index in [4.69, 9.17) is 0 Å². The van der Waals surface area contributed by atoms with E-state index in [0.717, 1.165) is 44.4 Å². The van der Waals surface area contributed by atoms with E-state index >= 15 is 0 Å². The second-order valence-corrected chi connectivity index (χ2v) is 5.06. The lowest BCUT2D eigenvalue weighted by Crippen LogP contribution is -2.45. The second-order valence-electron chi connectivity index (χ2n) is 5.06. The Kier molecular flexibility index (Phi) is 4.83. The van der Waals surface area contributed by atoms with Crippen molar-refractivity contribution in [1.29, 1.82) is 0 Å². The predicted molar refractivity (Wildman–Crippen MR) is 73.4 cm³/mol. The van der Waals surface area contributed by atoms with Crippen LogP contribution in [0.15, 0.2) is 36.9 Å². The summed E-state index contributed by atoms with van der Waals surface area (Å²) in [5.41, 5.74) is 0.150. The van der Waals surface area contributed by atoms with E-state index in [0.29, 0.717) is 6.54 Å². The molecule has 0 bridgehead atoms. The largest absolute Gasteiger partial charge is 0.416 e. The molecule has 1 saturated heterocycles. The maximum Gasteiger partial charge on any atom is 0.416 e. The molecular formula is C15H19F3N2. The summed E-state index contributed by atoms with van der Waals surface area (Å²) in [5.74, 6) is 0. The van der Waals surface area contributed by atoms with Crippen LogP contribution in [0.4, 0.5) is 13.2 Å². The van der Waals surface area contributed by atoms with Crippen molar-refractivity contribution >= 4 is 0 Å². The number of nitrogens with zero attached hydrogens (tertiary/aromatic N) is 2. The van der Waals surface area contributed by atoms with Crippen LogP contribution < -0.4 is 0 Å². The average molecular weight is 284 g/mol. The minimum absolute atomic E-state index is 0.569. The van der Waals surface area contributed by atoms with Gasteiger partial charge in [-0.15, -0.1) is 6.58 Å². The Hall–Kier alpha value is -1.33. The van der Waals surface area contributed by atoms with Crippen molar-refractivity contribution in [3.8, 4) is 0 Å². The van der Waals surface area contributed by atoms with Crippen LogP contribution in [0.1, 0.15) is 11.1 Å². The van der Waals surface area contributed by atoms with E-state index < -0.39 is 11.7 Å². The number of hydrogen-bond donors (Lipinski definition) is 0. The van der Waals surface area contributed by atoms with Gasteiger partial charge in [0.15, 0.2) is 0 Å². The van der Waals surface area contributed by atoms with Gasteiger partial charge in [0, 0.05) is 39.3 Å². The topological polar surface area (TPSA) is 6.48 Å². The monoisotopic (exact) mass is 284 g/mol. The van der Waals surface area contributed by atoms with Crippen molar-refractivity contribution in [2.24, 2.45) is 0 Å². The SMILES string of the molecule is C=CCN1CCN(Cc2cccc(C(F)(F)F)c2)CC1. The van der Waals surface area contributed by atoms with Crippen LogP contribution in [0.3, 0.4) is 0 Å². The highest BCUT2D eigenvalue weighted by Crippen LogP contribution is 2.29. The van der Waals surface area contributed by atoms with Crippen molar-refractivity contribution in [3.63, 3.8) is 0 Å². The molecule has 1 aliphatic heterocycles. The van der Waals surface area contributed by atoms with Crippen molar-refractivity contribution in [2.45, 2.75) is 12.7 Å². The summed E-state index contributed by atoms with van der Waals surface area (Å²) < 4.78 is 38.0. The van der Waals surface area contributed by atoms with E-state index in [1.807, 2.05) is 6.08 Å². The molecule has 1 aromatic carbocycles. The first-order valence-electron chi connectivity index (χ1n) is 6.71. The molecule has 2 nitrogen and oxygen atoms in total. The lowest BCUT2D eigenvalue weighted by atomic mass is 10.1. The Balaban J connectivity index is 1.93. The van der Waals surface area contributed by atoms with Crippen LogP contribution >= 0.6 is 0 Å². The molecule has 20 heavy (non-hydrogen) atoms. The Morgan fingerprint density at radius 1 is 1.10 bits per heavy atom. The molecule has 0 amide bonds. The molecule has 1 fully saturated rings. The Labute approximate surface area is 117 Å². The summed E-state index contributed by atoms with van der Waals surface area (Å²) in [5, 5.41) is 0. The predicted octanol–water partition coefficient (Wildman–Crippen LogP) is 3.01. The third kappa shape index (κ3) is 4.08. The summed E-state index contributed by atoms with van der Waals surface area (Å²) >= 11 is 0. The van der Waals surface area contributed by atoms with Crippen LogP contribution in [0.2, 0.25) is 0 Å². The smallest absolute Gasteiger partial charge is 0.297 e. The molecule has 0 unspecified atom stereocenters. The minimum Gasteiger partial charge on any atom is -0.297 e. The summed E-state index contributed by atoms with van der Waals surface area (Å²) in [7, 11) is 0.